The van der Waals surface area contributed by atoms with Crippen molar-refractivity contribution in [2.45, 2.75) is 90.8 Å². The second-order valence-corrected chi connectivity index (χ2v) is 11.1. The predicted molar refractivity (Wildman–Crippen MR) is 138 cm³/mol. The molecule has 2 fully saturated rings. The summed E-state index contributed by atoms with van der Waals surface area (Å²) in [6.45, 7) is 13.5. The average molecular weight is 535 g/mol. The summed E-state index contributed by atoms with van der Waals surface area (Å²) in [7, 11) is 0. The van der Waals surface area contributed by atoms with Gasteiger partial charge >= 0.3 is 18.2 Å². The Morgan fingerprint density at radius 2 is 1.28 bits per heavy atom. The summed E-state index contributed by atoms with van der Waals surface area (Å²) in [4.78, 5) is 58.8. The number of carbonyl (C=O) groups is 5. The zero-order chi connectivity index (χ0) is 27.2. The number of carboxylic acid groups (broad SMARTS) is 1. The Labute approximate surface area is 219 Å². The highest BCUT2D eigenvalue weighted by Gasteiger charge is 2.49. The molecular weight excluding hydrogens is 492 g/mol. The number of carbonyl (C=O) groups excluding carboxylic acids is 4. The van der Waals surface area contributed by atoms with Crippen molar-refractivity contribution in [3.63, 3.8) is 0 Å². The fraction of sp³-hybridized carbons (Fsp3) is 0.783. The molecule has 0 unspecified atom stereocenters. The molecule has 7 N–H and O–H groups in total. The van der Waals surface area contributed by atoms with Crippen molar-refractivity contribution in [1.29, 1.82) is 0 Å². The quantitative estimate of drug-likeness (QED) is 0.245. The topological polar surface area (TPSA) is 183 Å². The van der Waals surface area contributed by atoms with E-state index in [-0.39, 0.29) is 31.4 Å². The summed E-state index contributed by atoms with van der Waals surface area (Å²) in [5.74, 6) is 0.0816. The van der Waals surface area contributed by atoms with E-state index in [4.69, 9.17) is 5.73 Å². The Morgan fingerprint density at radius 1 is 0.889 bits per heavy atom. The zero-order valence-electron chi connectivity index (χ0n) is 22.3. The maximum Gasteiger partial charge on any atom is 0.407 e. The van der Waals surface area contributed by atoms with Gasteiger partial charge in [-0.3, -0.25) is 20.2 Å². The van der Waals surface area contributed by atoms with Crippen LogP contribution in [0.25, 0.3) is 0 Å². The Bertz CT molecular complexity index is 830. The minimum atomic E-state index is -1.19. The van der Waals surface area contributed by atoms with Crippen LogP contribution in [-0.2, 0) is 9.59 Å². The molecule has 2 aliphatic heterocycles. The second kappa shape index (κ2) is 13.1. The van der Waals surface area contributed by atoms with Gasteiger partial charge in [0.15, 0.2) is 0 Å². The van der Waals surface area contributed by atoms with Crippen LogP contribution in [0.3, 0.4) is 0 Å². The summed E-state index contributed by atoms with van der Waals surface area (Å²) in [5.41, 5.74) is 2.81. The van der Waals surface area contributed by atoms with Gasteiger partial charge in [-0.25, -0.2) is 14.4 Å². The van der Waals surface area contributed by atoms with Crippen molar-refractivity contribution in [3.05, 3.63) is 0 Å². The first-order valence-electron chi connectivity index (χ1n) is 12.0. The summed E-state index contributed by atoms with van der Waals surface area (Å²) in [6, 6.07) is -1.01. The lowest BCUT2D eigenvalue weighted by atomic mass is 9.88. The monoisotopic (exact) mass is 534 g/mol. The maximum absolute atomic E-state index is 12.2. The number of halogens is 1. The first kappa shape index (κ1) is 33.4. The van der Waals surface area contributed by atoms with Gasteiger partial charge in [0, 0.05) is 12.1 Å². The SMILES string of the molecule is CC(C)CC[C@]1(CN(C(=O)O)C(C)(C)C)NC(=O)NC1=O.CC(C)CC[C@]1(CN)NC(=O)NC1=O.Cl. The fourth-order valence-corrected chi connectivity index (χ4v) is 3.78. The Morgan fingerprint density at radius 3 is 1.56 bits per heavy atom. The van der Waals surface area contributed by atoms with Crippen LogP contribution in [0.1, 0.15) is 74.1 Å². The van der Waals surface area contributed by atoms with Crippen LogP contribution in [0.15, 0.2) is 0 Å². The van der Waals surface area contributed by atoms with Crippen molar-refractivity contribution in [2.75, 3.05) is 13.1 Å². The normalized spacial score (nSPS) is 23.3. The Kier molecular flexibility index (Phi) is 12.1. The number of hydrogen-bond donors (Lipinski definition) is 6. The van der Waals surface area contributed by atoms with E-state index in [1.807, 2.05) is 13.8 Å². The number of nitrogens with two attached hydrogens (primary N) is 1. The van der Waals surface area contributed by atoms with Gasteiger partial charge in [0.05, 0.1) is 6.54 Å². The van der Waals surface area contributed by atoms with Crippen LogP contribution in [0.5, 0.6) is 0 Å². The summed E-state index contributed by atoms with van der Waals surface area (Å²) in [5, 5.41) is 19.0. The third-order valence-corrected chi connectivity index (χ3v) is 6.14. The standard InChI is InChI=1S/C14H25N3O4.C9H17N3O2.ClH/c1-9(2)6-7-14(10(18)15-11(19)16-14)8-17(12(20)21)13(3,4)5;1-6(2)3-4-9(5-10)7(13)11-8(14)12-9;/h9H,6-8H2,1-5H3,(H,20,21)(H2,15,16,18,19);6H,3-5,10H2,1-2H3,(H2,11,12,13,14);1H/t14-;9-;/m11./s1. The molecule has 0 saturated carbocycles. The van der Waals surface area contributed by atoms with Crippen LogP contribution in [0.4, 0.5) is 14.4 Å². The molecule has 0 aromatic carbocycles. The first-order chi connectivity index (χ1) is 16.0. The highest BCUT2D eigenvalue weighted by molar-refractivity contribution is 6.07. The molecule has 12 nitrogen and oxygen atoms in total. The Hall–Kier alpha value is -2.60. The number of hydrogen-bond acceptors (Lipinski definition) is 6. The molecule has 2 atom stereocenters. The molecule has 2 aliphatic rings. The van der Waals surface area contributed by atoms with Crippen molar-refractivity contribution in [3.8, 4) is 0 Å². The molecule has 0 radical (unpaired) electrons. The lowest BCUT2D eigenvalue weighted by molar-refractivity contribution is -0.125. The van der Waals surface area contributed by atoms with Crippen molar-refractivity contribution in [2.24, 2.45) is 17.6 Å². The second-order valence-electron chi connectivity index (χ2n) is 11.1. The number of rotatable bonds is 9. The molecule has 2 rings (SSSR count). The largest absolute Gasteiger partial charge is 0.465 e. The smallest absolute Gasteiger partial charge is 0.407 e. The molecule has 2 saturated heterocycles. The molecule has 0 aromatic rings. The fourth-order valence-electron chi connectivity index (χ4n) is 3.78. The minimum absolute atomic E-state index is 0. The van der Waals surface area contributed by atoms with E-state index in [0.29, 0.717) is 31.1 Å². The third-order valence-electron chi connectivity index (χ3n) is 6.14. The van der Waals surface area contributed by atoms with Gasteiger partial charge in [-0.1, -0.05) is 27.7 Å². The molecule has 0 spiro atoms. The van der Waals surface area contributed by atoms with Crippen molar-refractivity contribution >= 4 is 42.4 Å². The number of amides is 7. The lowest BCUT2D eigenvalue weighted by Gasteiger charge is -2.39. The van der Waals surface area contributed by atoms with Crippen LogP contribution >= 0.6 is 12.4 Å². The molecule has 0 aliphatic carbocycles. The van der Waals surface area contributed by atoms with Gasteiger partial charge in [0.25, 0.3) is 11.8 Å². The molecule has 13 heteroatoms. The number of imide groups is 2. The highest BCUT2D eigenvalue weighted by Crippen LogP contribution is 2.26. The van der Waals surface area contributed by atoms with Crippen LogP contribution < -0.4 is 27.0 Å². The molecular formula is C23H43ClN6O6. The van der Waals surface area contributed by atoms with Crippen LogP contribution in [-0.4, -0.2) is 69.7 Å². The van der Waals surface area contributed by atoms with Crippen molar-refractivity contribution < 1.29 is 29.1 Å². The van der Waals surface area contributed by atoms with Crippen LogP contribution in [0.2, 0.25) is 0 Å². The van der Waals surface area contributed by atoms with E-state index in [1.165, 1.54) is 4.90 Å². The zero-order valence-corrected chi connectivity index (χ0v) is 23.1. The molecule has 0 bridgehead atoms. The van der Waals surface area contributed by atoms with E-state index < -0.39 is 40.7 Å². The van der Waals surface area contributed by atoms with Gasteiger partial charge in [0.2, 0.25) is 0 Å². The third kappa shape index (κ3) is 8.81. The van der Waals surface area contributed by atoms with E-state index in [2.05, 4.69) is 35.1 Å². The molecule has 208 valence electrons. The van der Waals surface area contributed by atoms with Gasteiger partial charge in [-0.15, -0.1) is 12.4 Å². The molecule has 36 heavy (non-hydrogen) atoms. The lowest BCUT2D eigenvalue weighted by Crippen LogP contribution is -2.60. The molecule has 2 heterocycles. The predicted octanol–water partition coefficient (Wildman–Crippen LogP) is 2.16. The van der Waals surface area contributed by atoms with Gasteiger partial charge in [0.1, 0.15) is 11.1 Å². The van der Waals surface area contributed by atoms with E-state index >= 15 is 0 Å². The molecule has 0 aromatic heterocycles. The van der Waals surface area contributed by atoms with Gasteiger partial charge in [-0.2, -0.15) is 0 Å². The average Bonchev–Trinajstić information content (AvgIpc) is 3.16. The summed E-state index contributed by atoms with van der Waals surface area (Å²) >= 11 is 0. The summed E-state index contributed by atoms with van der Waals surface area (Å²) in [6.07, 6.45) is 1.47. The number of nitrogens with one attached hydrogen (secondary N) is 4. The van der Waals surface area contributed by atoms with Crippen LogP contribution in [0, 0.1) is 11.8 Å². The maximum atomic E-state index is 12.2. The highest BCUT2D eigenvalue weighted by atomic mass is 35.5. The molecule has 7 amide bonds. The van der Waals surface area contributed by atoms with E-state index in [9.17, 15) is 29.1 Å². The van der Waals surface area contributed by atoms with E-state index in [1.54, 1.807) is 20.8 Å². The minimum Gasteiger partial charge on any atom is -0.465 e. The first-order valence-corrected chi connectivity index (χ1v) is 12.0. The summed E-state index contributed by atoms with van der Waals surface area (Å²) < 4.78 is 0. The van der Waals surface area contributed by atoms with E-state index in [0.717, 1.165) is 6.42 Å². The van der Waals surface area contributed by atoms with Gasteiger partial charge < -0.3 is 26.4 Å². The van der Waals surface area contributed by atoms with Crippen molar-refractivity contribution in [1.82, 2.24) is 26.2 Å². The Balaban J connectivity index is 0.000000713. The van der Waals surface area contributed by atoms with Gasteiger partial charge in [-0.05, 0) is 58.3 Å². The number of urea groups is 2. The number of nitrogens with zero attached hydrogens (tertiary/aromatic N) is 1.